The fraction of sp³-hybridized carbons (Fsp3) is 0.600. The zero-order valence-corrected chi connectivity index (χ0v) is 11.5. The van der Waals surface area contributed by atoms with Crippen molar-refractivity contribution in [2.24, 2.45) is 0 Å². The minimum absolute atomic E-state index is 0.247. The molecule has 0 amide bonds. The smallest absolute Gasteiger partial charge is 0.0126 e. The number of rotatable bonds is 0. The molecule has 0 unspecified atom stereocenters. The summed E-state index contributed by atoms with van der Waals surface area (Å²) < 4.78 is 0. The normalized spacial score (nSPS) is 12.0. The monoisotopic (exact) mass is 204 g/mol. The largest absolute Gasteiger partial charge is 0.0561 e. The van der Waals surface area contributed by atoms with E-state index in [0.717, 1.165) is 0 Å². The van der Waals surface area contributed by atoms with Crippen molar-refractivity contribution in [3.63, 3.8) is 0 Å². The molecule has 0 atom stereocenters. The highest BCUT2D eigenvalue weighted by Gasteiger charge is 2.22. The van der Waals surface area contributed by atoms with Crippen LogP contribution in [0.1, 0.15) is 54.2 Å². The van der Waals surface area contributed by atoms with Crippen molar-refractivity contribution in [3.8, 4) is 0 Å². The van der Waals surface area contributed by atoms with E-state index in [9.17, 15) is 0 Å². The van der Waals surface area contributed by atoms with E-state index in [1.54, 1.807) is 0 Å². The molecule has 0 spiro atoms. The number of hydrogen-bond acceptors (Lipinski definition) is 0. The third-order valence-electron chi connectivity index (χ3n) is 3.75. The van der Waals surface area contributed by atoms with Gasteiger partial charge in [-0.15, -0.1) is 0 Å². The molecule has 0 heteroatoms. The maximum Gasteiger partial charge on any atom is -0.0126 e. The van der Waals surface area contributed by atoms with Crippen molar-refractivity contribution < 1.29 is 0 Å². The molecule has 84 valence electrons. The Morgan fingerprint density at radius 2 is 0.800 bits per heavy atom. The topological polar surface area (TPSA) is 0 Å². The second-order valence-electron chi connectivity index (χ2n) is 5.75. The lowest BCUT2D eigenvalue weighted by molar-refractivity contribution is 0.580. The zero-order chi connectivity index (χ0) is 12.0. The Labute approximate surface area is 94.7 Å². The minimum Gasteiger partial charge on any atom is -0.0561 e. The molecule has 0 bridgehead atoms. The van der Waals surface area contributed by atoms with E-state index in [1.165, 1.54) is 33.4 Å². The van der Waals surface area contributed by atoms with Crippen LogP contribution in [0, 0.1) is 34.6 Å². The van der Waals surface area contributed by atoms with Crippen molar-refractivity contribution in [1.29, 1.82) is 0 Å². The number of hydrogen-bond donors (Lipinski definition) is 0. The molecule has 0 saturated heterocycles. The van der Waals surface area contributed by atoms with Gasteiger partial charge in [-0.3, -0.25) is 0 Å². The van der Waals surface area contributed by atoms with Crippen LogP contribution in [0.4, 0.5) is 0 Å². The van der Waals surface area contributed by atoms with Crippen LogP contribution in [0.5, 0.6) is 0 Å². The van der Waals surface area contributed by atoms with Crippen LogP contribution in [0.25, 0.3) is 0 Å². The standard InChI is InChI=1S/C15H24/c1-9-10(2)12(4)14(15(6,7)8)13(5)11(9)3/h1-8H3. The van der Waals surface area contributed by atoms with Crippen LogP contribution >= 0.6 is 0 Å². The molecule has 0 fully saturated rings. The Hall–Kier alpha value is -0.780. The summed E-state index contributed by atoms with van der Waals surface area (Å²) in [4.78, 5) is 0. The van der Waals surface area contributed by atoms with E-state index in [4.69, 9.17) is 0 Å². The lowest BCUT2D eigenvalue weighted by atomic mass is 9.77. The van der Waals surface area contributed by atoms with Crippen LogP contribution in [-0.2, 0) is 5.41 Å². The summed E-state index contributed by atoms with van der Waals surface area (Å²) in [6.45, 7) is 18.1. The first kappa shape index (κ1) is 12.3. The predicted octanol–water partition coefficient (Wildman–Crippen LogP) is 4.53. The van der Waals surface area contributed by atoms with Crippen LogP contribution < -0.4 is 0 Å². The van der Waals surface area contributed by atoms with Gasteiger partial charge in [-0.2, -0.15) is 0 Å². The summed E-state index contributed by atoms with van der Waals surface area (Å²) in [5, 5.41) is 0. The predicted molar refractivity (Wildman–Crippen MR) is 68.8 cm³/mol. The van der Waals surface area contributed by atoms with E-state index in [0.29, 0.717) is 0 Å². The fourth-order valence-corrected chi connectivity index (χ4v) is 2.62. The Kier molecular flexibility index (Phi) is 3.00. The highest BCUT2D eigenvalue weighted by atomic mass is 14.3. The lowest BCUT2D eigenvalue weighted by Gasteiger charge is -2.28. The van der Waals surface area contributed by atoms with E-state index in [1.807, 2.05) is 0 Å². The zero-order valence-electron chi connectivity index (χ0n) is 11.5. The Morgan fingerprint density at radius 3 is 1.07 bits per heavy atom. The molecule has 0 aliphatic carbocycles. The SMILES string of the molecule is Cc1c(C)c(C)c(C(C)(C)C)c(C)c1C. The van der Waals surface area contributed by atoms with E-state index >= 15 is 0 Å². The molecule has 1 rings (SSSR count). The van der Waals surface area contributed by atoms with Crippen LogP contribution in [-0.4, -0.2) is 0 Å². The van der Waals surface area contributed by atoms with Gasteiger partial charge in [-0.1, -0.05) is 20.8 Å². The number of benzene rings is 1. The molecule has 1 aromatic carbocycles. The molecular formula is C15H24. The van der Waals surface area contributed by atoms with Gasteiger partial charge < -0.3 is 0 Å². The van der Waals surface area contributed by atoms with Gasteiger partial charge in [0.15, 0.2) is 0 Å². The maximum absolute atomic E-state index is 2.30. The van der Waals surface area contributed by atoms with Gasteiger partial charge in [0.05, 0.1) is 0 Å². The molecule has 0 N–H and O–H groups in total. The van der Waals surface area contributed by atoms with Gasteiger partial charge in [-0.05, 0) is 73.4 Å². The minimum atomic E-state index is 0.247. The van der Waals surface area contributed by atoms with Crippen molar-refractivity contribution in [3.05, 3.63) is 33.4 Å². The first-order valence-corrected chi connectivity index (χ1v) is 5.75. The second kappa shape index (κ2) is 3.66. The highest BCUT2D eigenvalue weighted by molar-refractivity contribution is 5.51. The molecular weight excluding hydrogens is 180 g/mol. The summed E-state index contributed by atoms with van der Waals surface area (Å²) in [6, 6.07) is 0. The first-order valence-electron chi connectivity index (χ1n) is 5.75. The quantitative estimate of drug-likeness (QED) is 0.582. The van der Waals surface area contributed by atoms with Crippen molar-refractivity contribution in [1.82, 2.24) is 0 Å². The molecule has 0 nitrogen and oxygen atoms in total. The van der Waals surface area contributed by atoms with E-state index in [2.05, 4.69) is 55.4 Å². The molecule has 0 heterocycles. The Balaban J connectivity index is 3.68. The summed E-state index contributed by atoms with van der Waals surface area (Å²) in [5.41, 5.74) is 9.11. The molecule has 0 saturated carbocycles. The van der Waals surface area contributed by atoms with Crippen LogP contribution in [0.15, 0.2) is 0 Å². The van der Waals surface area contributed by atoms with Crippen molar-refractivity contribution in [2.75, 3.05) is 0 Å². The van der Waals surface area contributed by atoms with Gasteiger partial charge in [0.2, 0.25) is 0 Å². The van der Waals surface area contributed by atoms with Gasteiger partial charge in [0.25, 0.3) is 0 Å². The summed E-state index contributed by atoms with van der Waals surface area (Å²) in [6.07, 6.45) is 0. The molecule has 0 radical (unpaired) electrons. The average molecular weight is 204 g/mol. The van der Waals surface area contributed by atoms with Gasteiger partial charge in [-0.25, -0.2) is 0 Å². The first-order chi connectivity index (χ1) is 6.68. The summed E-state index contributed by atoms with van der Waals surface area (Å²) in [7, 11) is 0. The maximum atomic E-state index is 2.30. The lowest BCUT2D eigenvalue weighted by Crippen LogP contribution is -2.17. The summed E-state index contributed by atoms with van der Waals surface area (Å²) >= 11 is 0. The molecule has 1 aromatic rings. The Bertz CT molecular complexity index is 360. The van der Waals surface area contributed by atoms with Crippen molar-refractivity contribution in [2.45, 2.75) is 60.8 Å². The van der Waals surface area contributed by atoms with E-state index < -0.39 is 0 Å². The van der Waals surface area contributed by atoms with E-state index in [-0.39, 0.29) is 5.41 Å². The van der Waals surface area contributed by atoms with Gasteiger partial charge in [0, 0.05) is 0 Å². The summed E-state index contributed by atoms with van der Waals surface area (Å²) in [5.74, 6) is 0. The third-order valence-corrected chi connectivity index (χ3v) is 3.75. The highest BCUT2D eigenvalue weighted by Crippen LogP contribution is 2.34. The van der Waals surface area contributed by atoms with Crippen molar-refractivity contribution >= 4 is 0 Å². The fourth-order valence-electron chi connectivity index (χ4n) is 2.62. The molecule has 0 aliphatic heterocycles. The Morgan fingerprint density at radius 1 is 0.533 bits per heavy atom. The molecule has 0 aromatic heterocycles. The van der Waals surface area contributed by atoms with Gasteiger partial charge >= 0.3 is 0 Å². The molecule has 15 heavy (non-hydrogen) atoms. The second-order valence-corrected chi connectivity index (χ2v) is 5.75. The van der Waals surface area contributed by atoms with Crippen LogP contribution in [0.3, 0.4) is 0 Å². The third kappa shape index (κ3) is 1.95. The van der Waals surface area contributed by atoms with Crippen LogP contribution in [0.2, 0.25) is 0 Å². The molecule has 0 aliphatic rings. The average Bonchev–Trinajstić information content (AvgIpc) is 2.09. The van der Waals surface area contributed by atoms with Gasteiger partial charge in [0.1, 0.15) is 0 Å².